The van der Waals surface area contributed by atoms with Crippen molar-refractivity contribution in [3.05, 3.63) is 46.5 Å². The van der Waals surface area contributed by atoms with Crippen LogP contribution in [0, 0.1) is 0 Å². The van der Waals surface area contributed by atoms with E-state index in [9.17, 15) is 9.90 Å². The monoisotopic (exact) mass is 388 g/mol. The van der Waals surface area contributed by atoms with Crippen molar-refractivity contribution in [2.75, 3.05) is 18.6 Å². The van der Waals surface area contributed by atoms with Gasteiger partial charge in [0.05, 0.1) is 13.0 Å². The molecule has 0 saturated heterocycles. The molecular formula is C15H18Cl2N4O2S. The number of nitrogens with zero attached hydrogens (tertiary/aromatic N) is 3. The third kappa shape index (κ3) is 5.11. The van der Waals surface area contributed by atoms with Gasteiger partial charge in [-0.05, 0) is 18.4 Å². The van der Waals surface area contributed by atoms with Gasteiger partial charge in [-0.3, -0.25) is 4.79 Å². The van der Waals surface area contributed by atoms with Crippen molar-refractivity contribution in [1.82, 2.24) is 20.1 Å². The molecule has 1 atom stereocenters. The molecular weight excluding hydrogens is 371 g/mol. The Labute approximate surface area is 154 Å². The molecule has 2 N–H and O–H groups in total. The fourth-order valence-corrected chi connectivity index (χ4v) is 3.20. The van der Waals surface area contributed by atoms with Crippen molar-refractivity contribution in [1.29, 1.82) is 0 Å². The molecule has 0 radical (unpaired) electrons. The Morgan fingerprint density at radius 2 is 2.25 bits per heavy atom. The molecule has 2 aromatic rings. The number of carbonyl (C=O) groups is 1. The number of aliphatic hydroxyl groups is 1. The Hall–Kier alpha value is -1.28. The second-order valence-corrected chi connectivity index (χ2v) is 7.10. The van der Waals surface area contributed by atoms with Crippen molar-refractivity contribution < 1.29 is 9.90 Å². The highest BCUT2D eigenvalue weighted by Gasteiger charge is 2.35. The summed E-state index contributed by atoms with van der Waals surface area (Å²) >= 11 is 13.8. The van der Waals surface area contributed by atoms with E-state index < -0.39 is 5.60 Å². The highest BCUT2D eigenvalue weighted by Crippen LogP contribution is 2.34. The van der Waals surface area contributed by atoms with E-state index in [0.717, 1.165) is 5.75 Å². The zero-order valence-corrected chi connectivity index (χ0v) is 15.4. The average Bonchev–Trinajstić information content (AvgIpc) is 2.99. The zero-order valence-electron chi connectivity index (χ0n) is 13.1. The molecule has 24 heavy (non-hydrogen) atoms. The van der Waals surface area contributed by atoms with Crippen LogP contribution in [0.25, 0.3) is 0 Å². The first-order chi connectivity index (χ1) is 11.4. The van der Waals surface area contributed by atoms with E-state index in [0.29, 0.717) is 22.2 Å². The second-order valence-electron chi connectivity index (χ2n) is 5.27. The number of aromatic nitrogens is 3. The summed E-state index contributed by atoms with van der Waals surface area (Å²) < 4.78 is 1.46. The van der Waals surface area contributed by atoms with Crippen LogP contribution in [0.3, 0.4) is 0 Å². The van der Waals surface area contributed by atoms with Crippen molar-refractivity contribution >= 4 is 40.9 Å². The van der Waals surface area contributed by atoms with Gasteiger partial charge >= 0.3 is 0 Å². The van der Waals surface area contributed by atoms with Crippen LogP contribution in [0.5, 0.6) is 0 Å². The van der Waals surface area contributed by atoms with Gasteiger partial charge in [-0.1, -0.05) is 29.3 Å². The molecule has 130 valence electrons. The van der Waals surface area contributed by atoms with E-state index in [4.69, 9.17) is 23.2 Å². The minimum atomic E-state index is -1.53. The van der Waals surface area contributed by atoms with Crippen molar-refractivity contribution in [2.24, 2.45) is 0 Å². The van der Waals surface area contributed by atoms with Gasteiger partial charge in [0.15, 0.2) is 0 Å². The Morgan fingerprint density at radius 3 is 2.88 bits per heavy atom. The molecule has 0 spiro atoms. The Balaban J connectivity index is 2.25. The molecule has 9 heteroatoms. The maximum atomic E-state index is 12.2. The number of thioether (sulfide) groups is 1. The Kier molecular flexibility index (Phi) is 6.91. The number of amides is 1. The van der Waals surface area contributed by atoms with Crippen LogP contribution in [0.1, 0.15) is 12.0 Å². The quantitative estimate of drug-likeness (QED) is 0.678. The lowest BCUT2D eigenvalue weighted by Gasteiger charge is -2.29. The molecule has 0 fully saturated rings. The highest BCUT2D eigenvalue weighted by atomic mass is 35.5. The van der Waals surface area contributed by atoms with Crippen LogP contribution >= 0.6 is 35.0 Å². The predicted octanol–water partition coefficient (Wildman–Crippen LogP) is 2.34. The SMILES string of the molecule is CSCCNC(=O)CC(O)(Cn1cncn1)c1ccc(Cl)cc1Cl. The van der Waals surface area contributed by atoms with Crippen molar-refractivity contribution in [3.63, 3.8) is 0 Å². The summed E-state index contributed by atoms with van der Waals surface area (Å²) in [6.07, 6.45) is 4.64. The van der Waals surface area contributed by atoms with Gasteiger partial charge < -0.3 is 10.4 Å². The number of carbonyl (C=O) groups excluding carboxylic acids is 1. The average molecular weight is 389 g/mol. The molecule has 2 rings (SSSR count). The van der Waals surface area contributed by atoms with Gasteiger partial charge in [0.25, 0.3) is 0 Å². The first-order valence-corrected chi connectivity index (χ1v) is 9.35. The number of benzene rings is 1. The molecule has 0 aliphatic rings. The van der Waals surface area contributed by atoms with E-state index in [-0.39, 0.29) is 18.9 Å². The minimum absolute atomic E-state index is 0.0459. The highest BCUT2D eigenvalue weighted by molar-refractivity contribution is 7.98. The summed E-state index contributed by atoms with van der Waals surface area (Å²) in [5, 5.41) is 18.7. The lowest BCUT2D eigenvalue weighted by molar-refractivity contribution is -0.127. The van der Waals surface area contributed by atoms with Gasteiger partial charge in [-0.25, -0.2) is 9.67 Å². The van der Waals surface area contributed by atoms with Crippen LogP contribution < -0.4 is 5.32 Å². The summed E-state index contributed by atoms with van der Waals surface area (Å²) in [4.78, 5) is 16.1. The lowest BCUT2D eigenvalue weighted by atomic mass is 9.89. The molecule has 0 saturated carbocycles. The number of hydrogen-bond acceptors (Lipinski definition) is 5. The summed E-state index contributed by atoms with van der Waals surface area (Å²) in [5.41, 5.74) is -1.11. The normalized spacial score (nSPS) is 13.5. The van der Waals surface area contributed by atoms with E-state index in [1.165, 1.54) is 23.4 Å². The summed E-state index contributed by atoms with van der Waals surface area (Å²) in [5.74, 6) is 0.535. The van der Waals surface area contributed by atoms with E-state index >= 15 is 0 Å². The van der Waals surface area contributed by atoms with Crippen molar-refractivity contribution in [2.45, 2.75) is 18.6 Å². The lowest BCUT2D eigenvalue weighted by Crippen LogP contribution is -2.39. The summed E-state index contributed by atoms with van der Waals surface area (Å²) in [7, 11) is 0. The molecule has 1 aromatic heterocycles. The largest absolute Gasteiger partial charge is 0.383 e. The topological polar surface area (TPSA) is 80.0 Å². The van der Waals surface area contributed by atoms with Gasteiger partial charge in [0.2, 0.25) is 5.91 Å². The summed E-state index contributed by atoms with van der Waals surface area (Å²) in [6, 6.07) is 4.79. The molecule has 1 amide bonds. The van der Waals surface area contributed by atoms with Crippen molar-refractivity contribution in [3.8, 4) is 0 Å². The molecule has 1 heterocycles. The molecule has 0 aliphatic carbocycles. The zero-order chi connectivity index (χ0) is 17.6. The van der Waals surface area contributed by atoms with Crippen LogP contribution in [0.15, 0.2) is 30.9 Å². The molecule has 1 aromatic carbocycles. The van der Waals surface area contributed by atoms with E-state index in [2.05, 4.69) is 15.4 Å². The third-order valence-electron chi connectivity index (χ3n) is 3.40. The van der Waals surface area contributed by atoms with Gasteiger partial charge in [0, 0.05) is 27.9 Å². The number of nitrogens with one attached hydrogen (secondary N) is 1. The number of hydrogen-bond donors (Lipinski definition) is 2. The third-order valence-corrected chi connectivity index (χ3v) is 4.56. The summed E-state index contributed by atoms with van der Waals surface area (Å²) in [6.45, 7) is 0.581. The number of halogens is 2. The van der Waals surface area contributed by atoms with Crippen LogP contribution in [-0.4, -0.2) is 44.3 Å². The standard InChI is InChI=1S/C15H18Cl2N4O2S/c1-24-5-4-19-14(22)7-15(23,8-21-10-18-9-20-21)12-3-2-11(16)6-13(12)17/h2-3,6,9-10,23H,4-5,7-8H2,1H3,(H,19,22). The van der Waals surface area contributed by atoms with Crippen LogP contribution in [-0.2, 0) is 16.9 Å². The van der Waals surface area contributed by atoms with E-state index in [1.54, 1.807) is 23.9 Å². The minimum Gasteiger partial charge on any atom is -0.383 e. The fraction of sp³-hybridized carbons (Fsp3) is 0.400. The molecule has 0 bridgehead atoms. The van der Waals surface area contributed by atoms with Gasteiger partial charge in [-0.15, -0.1) is 0 Å². The van der Waals surface area contributed by atoms with Gasteiger partial charge in [-0.2, -0.15) is 16.9 Å². The molecule has 0 aliphatic heterocycles. The van der Waals surface area contributed by atoms with Crippen LogP contribution in [0.2, 0.25) is 10.0 Å². The second kappa shape index (κ2) is 8.71. The maximum absolute atomic E-state index is 12.2. The van der Waals surface area contributed by atoms with E-state index in [1.807, 2.05) is 6.26 Å². The smallest absolute Gasteiger partial charge is 0.223 e. The molecule has 6 nitrogen and oxygen atoms in total. The first kappa shape index (κ1) is 19.1. The number of rotatable bonds is 8. The first-order valence-electron chi connectivity index (χ1n) is 7.20. The molecule has 1 unspecified atom stereocenters. The Bertz CT molecular complexity index is 684. The predicted molar refractivity (Wildman–Crippen MR) is 96.4 cm³/mol. The Morgan fingerprint density at radius 1 is 1.46 bits per heavy atom. The maximum Gasteiger partial charge on any atom is 0.223 e. The van der Waals surface area contributed by atoms with Crippen LogP contribution in [0.4, 0.5) is 0 Å². The van der Waals surface area contributed by atoms with Gasteiger partial charge in [0.1, 0.15) is 18.3 Å². The fourth-order valence-electron chi connectivity index (χ4n) is 2.31.